The SMILES string of the molecule is CC(=O)C[C@@H]1N2CCC[C@H]2C[C@@H](C)[C@]1(O)c1ccccc1. The lowest BCUT2D eigenvalue weighted by Gasteiger charge is -2.52. The van der Waals surface area contributed by atoms with E-state index in [0.717, 1.165) is 18.5 Å². The van der Waals surface area contributed by atoms with E-state index in [1.165, 1.54) is 12.8 Å². The summed E-state index contributed by atoms with van der Waals surface area (Å²) in [5, 5.41) is 11.6. The number of benzene rings is 1. The van der Waals surface area contributed by atoms with Gasteiger partial charge in [-0.3, -0.25) is 9.69 Å². The Balaban J connectivity index is 2.03. The fourth-order valence-electron chi connectivity index (χ4n) is 4.42. The number of nitrogens with zero attached hydrogens (tertiary/aromatic N) is 1. The second kappa shape index (κ2) is 5.54. The number of piperidine rings is 1. The minimum absolute atomic E-state index is 0.0892. The van der Waals surface area contributed by atoms with E-state index in [0.29, 0.717) is 12.5 Å². The summed E-state index contributed by atoms with van der Waals surface area (Å²) < 4.78 is 0. The zero-order valence-electron chi connectivity index (χ0n) is 13.0. The van der Waals surface area contributed by atoms with Gasteiger partial charge in [-0.25, -0.2) is 0 Å². The Morgan fingerprint density at radius 3 is 2.76 bits per heavy atom. The smallest absolute Gasteiger partial charge is 0.131 e. The van der Waals surface area contributed by atoms with Crippen molar-refractivity contribution in [2.45, 2.75) is 57.2 Å². The van der Waals surface area contributed by atoms with Gasteiger partial charge in [0.25, 0.3) is 0 Å². The van der Waals surface area contributed by atoms with Crippen molar-refractivity contribution in [2.24, 2.45) is 5.92 Å². The average molecular weight is 287 g/mol. The molecule has 114 valence electrons. The first-order valence-corrected chi connectivity index (χ1v) is 8.06. The Kier molecular flexibility index (Phi) is 3.89. The molecule has 2 fully saturated rings. The van der Waals surface area contributed by atoms with Gasteiger partial charge in [-0.05, 0) is 44.2 Å². The predicted molar refractivity (Wildman–Crippen MR) is 82.9 cm³/mol. The lowest BCUT2D eigenvalue weighted by atomic mass is 9.69. The number of carbonyl (C=O) groups is 1. The summed E-state index contributed by atoms with van der Waals surface area (Å²) in [7, 11) is 0. The molecule has 0 amide bonds. The molecular formula is C18H25NO2. The summed E-state index contributed by atoms with van der Waals surface area (Å²) in [6.07, 6.45) is 3.83. The Morgan fingerprint density at radius 1 is 1.38 bits per heavy atom. The summed E-state index contributed by atoms with van der Waals surface area (Å²) in [6.45, 7) is 4.77. The Bertz CT molecular complexity index is 515. The predicted octanol–water partition coefficient (Wildman–Crippen LogP) is 2.73. The van der Waals surface area contributed by atoms with Gasteiger partial charge in [0, 0.05) is 12.5 Å². The van der Waals surface area contributed by atoms with E-state index >= 15 is 0 Å². The van der Waals surface area contributed by atoms with Crippen molar-refractivity contribution >= 4 is 5.78 Å². The minimum Gasteiger partial charge on any atom is -0.383 e. The third-order valence-corrected chi connectivity index (χ3v) is 5.42. The second-order valence-electron chi connectivity index (χ2n) is 6.78. The van der Waals surface area contributed by atoms with Gasteiger partial charge in [-0.15, -0.1) is 0 Å². The van der Waals surface area contributed by atoms with Crippen LogP contribution in [-0.4, -0.2) is 34.4 Å². The number of hydrogen-bond acceptors (Lipinski definition) is 3. The fourth-order valence-corrected chi connectivity index (χ4v) is 4.42. The van der Waals surface area contributed by atoms with E-state index in [1.54, 1.807) is 6.92 Å². The number of ketones is 1. The van der Waals surface area contributed by atoms with Crippen molar-refractivity contribution in [2.75, 3.05) is 6.54 Å². The first kappa shape index (κ1) is 14.7. The molecule has 0 aromatic heterocycles. The van der Waals surface area contributed by atoms with Crippen LogP contribution in [-0.2, 0) is 10.4 Å². The zero-order chi connectivity index (χ0) is 15.0. The summed E-state index contributed by atoms with van der Waals surface area (Å²) in [5.74, 6) is 0.331. The number of rotatable bonds is 3. The van der Waals surface area contributed by atoms with E-state index in [9.17, 15) is 9.90 Å². The summed E-state index contributed by atoms with van der Waals surface area (Å²) in [6, 6.07) is 10.4. The number of hydrogen-bond donors (Lipinski definition) is 1. The molecule has 2 heterocycles. The lowest BCUT2D eigenvalue weighted by molar-refractivity contribution is -0.145. The van der Waals surface area contributed by atoms with Crippen molar-refractivity contribution in [1.82, 2.24) is 4.90 Å². The van der Waals surface area contributed by atoms with Crippen molar-refractivity contribution in [3.05, 3.63) is 35.9 Å². The average Bonchev–Trinajstić information content (AvgIpc) is 2.92. The number of carbonyl (C=O) groups excluding carboxylic acids is 1. The highest BCUT2D eigenvalue weighted by atomic mass is 16.3. The highest BCUT2D eigenvalue weighted by Crippen LogP contribution is 2.47. The molecule has 0 spiro atoms. The number of Topliss-reactive ketones (excluding diaryl/α,β-unsaturated/α-hetero) is 1. The van der Waals surface area contributed by atoms with E-state index in [1.807, 2.05) is 30.3 Å². The second-order valence-corrected chi connectivity index (χ2v) is 6.78. The molecule has 0 unspecified atom stereocenters. The molecule has 2 saturated heterocycles. The molecule has 1 N–H and O–H groups in total. The fraction of sp³-hybridized carbons (Fsp3) is 0.611. The maximum atomic E-state index is 11.8. The molecular weight excluding hydrogens is 262 g/mol. The Hall–Kier alpha value is -1.19. The van der Waals surface area contributed by atoms with Crippen LogP contribution in [0.5, 0.6) is 0 Å². The molecule has 3 heteroatoms. The Labute approximate surface area is 127 Å². The Morgan fingerprint density at radius 2 is 2.10 bits per heavy atom. The highest BCUT2D eigenvalue weighted by Gasteiger charge is 2.53. The van der Waals surface area contributed by atoms with Crippen molar-refractivity contribution in [3.63, 3.8) is 0 Å². The topological polar surface area (TPSA) is 40.5 Å². The standard InChI is InChI=1S/C18H25NO2/c1-13-11-16-9-6-10-19(16)17(12-14(2)20)18(13,21)15-7-4-3-5-8-15/h3-5,7-8,13,16-17,21H,6,9-12H2,1-2H3/t13-,16+,17+,18+/m1/s1. The number of fused-ring (bicyclic) bond motifs is 1. The van der Waals surface area contributed by atoms with E-state index < -0.39 is 5.60 Å². The van der Waals surface area contributed by atoms with Crippen molar-refractivity contribution in [1.29, 1.82) is 0 Å². The number of aliphatic hydroxyl groups is 1. The third-order valence-electron chi connectivity index (χ3n) is 5.42. The van der Waals surface area contributed by atoms with Crippen LogP contribution in [0.25, 0.3) is 0 Å². The maximum Gasteiger partial charge on any atom is 0.131 e. The largest absolute Gasteiger partial charge is 0.383 e. The van der Waals surface area contributed by atoms with Gasteiger partial charge in [0.15, 0.2) is 0 Å². The lowest BCUT2D eigenvalue weighted by Crippen LogP contribution is -2.61. The van der Waals surface area contributed by atoms with Gasteiger partial charge >= 0.3 is 0 Å². The van der Waals surface area contributed by atoms with Gasteiger partial charge in [0.05, 0.1) is 6.04 Å². The van der Waals surface area contributed by atoms with Crippen LogP contribution in [0, 0.1) is 5.92 Å². The molecule has 0 aliphatic carbocycles. The molecule has 21 heavy (non-hydrogen) atoms. The highest BCUT2D eigenvalue weighted by molar-refractivity contribution is 5.76. The third kappa shape index (κ3) is 2.43. The molecule has 0 radical (unpaired) electrons. The minimum atomic E-state index is -0.923. The van der Waals surface area contributed by atoms with Crippen molar-refractivity contribution in [3.8, 4) is 0 Å². The summed E-state index contributed by atoms with van der Waals surface area (Å²) in [4.78, 5) is 14.2. The van der Waals surface area contributed by atoms with Crippen LogP contribution in [0.15, 0.2) is 30.3 Å². The summed E-state index contributed by atoms with van der Waals surface area (Å²) >= 11 is 0. The molecule has 0 bridgehead atoms. The van der Waals surface area contributed by atoms with Gasteiger partial charge in [-0.1, -0.05) is 37.3 Å². The van der Waals surface area contributed by atoms with E-state index in [2.05, 4.69) is 11.8 Å². The van der Waals surface area contributed by atoms with Crippen LogP contribution in [0.1, 0.15) is 45.1 Å². The molecule has 4 atom stereocenters. The maximum absolute atomic E-state index is 11.8. The van der Waals surface area contributed by atoms with Gasteiger partial charge in [0.1, 0.15) is 11.4 Å². The van der Waals surface area contributed by atoms with Gasteiger partial charge < -0.3 is 5.11 Å². The van der Waals surface area contributed by atoms with Crippen LogP contribution in [0.4, 0.5) is 0 Å². The summed E-state index contributed by atoms with van der Waals surface area (Å²) in [5.41, 5.74) is 0.0300. The van der Waals surface area contributed by atoms with E-state index in [4.69, 9.17) is 0 Å². The van der Waals surface area contributed by atoms with E-state index in [-0.39, 0.29) is 17.7 Å². The molecule has 1 aromatic rings. The molecule has 0 saturated carbocycles. The van der Waals surface area contributed by atoms with Gasteiger partial charge in [-0.2, -0.15) is 0 Å². The molecule has 3 rings (SSSR count). The van der Waals surface area contributed by atoms with Gasteiger partial charge in [0.2, 0.25) is 0 Å². The van der Waals surface area contributed by atoms with Crippen LogP contribution >= 0.6 is 0 Å². The van der Waals surface area contributed by atoms with Crippen LogP contribution < -0.4 is 0 Å². The van der Waals surface area contributed by atoms with Crippen LogP contribution in [0.2, 0.25) is 0 Å². The first-order valence-electron chi connectivity index (χ1n) is 8.06. The monoisotopic (exact) mass is 287 g/mol. The molecule has 3 nitrogen and oxygen atoms in total. The molecule has 1 aromatic carbocycles. The molecule has 2 aliphatic heterocycles. The zero-order valence-corrected chi connectivity index (χ0v) is 13.0. The van der Waals surface area contributed by atoms with Crippen LogP contribution in [0.3, 0.4) is 0 Å². The molecule has 2 aliphatic rings. The normalized spacial score (nSPS) is 36.4. The quantitative estimate of drug-likeness (QED) is 0.929. The first-order chi connectivity index (χ1) is 10.0. The van der Waals surface area contributed by atoms with Crippen molar-refractivity contribution < 1.29 is 9.90 Å².